The number of fused-ring (bicyclic) bond motifs is 1. The van der Waals surface area contributed by atoms with Crippen molar-refractivity contribution in [3.05, 3.63) is 64.7 Å². The van der Waals surface area contributed by atoms with Gasteiger partial charge < -0.3 is 10.1 Å². The molecule has 3 nitrogen and oxygen atoms in total. The predicted molar refractivity (Wildman–Crippen MR) is 109 cm³/mol. The van der Waals surface area contributed by atoms with Gasteiger partial charge >= 0.3 is 5.97 Å². The van der Waals surface area contributed by atoms with Gasteiger partial charge in [-0.15, -0.1) is 0 Å². The summed E-state index contributed by atoms with van der Waals surface area (Å²) in [6, 6.07) is 13.4. The van der Waals surface area contributed by atoms with E-state index >= 15 is 0 Å². The van der Waals surface area contributed by atoms with E-state index in [9.17, 15) is 4.79 Å². The van der Waals surface area contributed by atoms with Crippen LogP contribution in [-0.4, -0.2) is 18.0 Å². The van der Waals surface area contributed by atoms with E-state index in [1.807, 2.05) is 12.1 Å². The Bertz CT molecular complexity index is 875. The first-order valence-corrected chi connectivity index (χ1v) is 9.29. The molecule has 0 aromatic heterocycles. The first-order chi connectivity index (χ1) is 12.4. The molecule has 3 rings (SSSR count). The van der Waals surface area contributed by atoms with Crippen molar-refractivity contribution >= 4 is 24.3 Å². The van der Waals surface area contributed by atoms with Crippen molar-refractivity contribution in [2.45, 2.75) is 38.0 Å². The minimum absolute atomic E-state index is 0.0991. The number of anilines is 1. The predicted octanol–water partition coefficient (Wildman–Crippen LogP) is 4.61. The smallest absolute Gasteiger partial charge is 0.338 e. The molecule has 0 bridgehead atoms. The zero-order valence-electron chi connectivity index (χ0n) is 15.3. The summed E-state index contributed by atoms with van der Waals surface area (Å²) in [5.41, 5.74) is 4.84. The number of rotatable bonds is 2. The molecule has 0 saturated carbocycles. The van der Waals surface area contributed by atoms with Crippen molar-refractivity contribution < 1.29 is 9.53 Å². The average molecular weight is 365 g/mol. The summed E-state index contributed by atoms with van der Waals surface area (Å²) < 4.78 is 4.99. The Labute approximate surface area is 160 Å². The summed E-state index contributed by atoms with van der Waals surface area (Å²) in [7, 11) is 0. The van der Waals surface area contributed by atoms with E-state index in [1.165, 1.54) is 5.56 Å². The fraction of sp³-hybridized carbons (Fsp3) is 0.318. The molecule has 134 valence electrons. The molecule has 0 spiro atoms. The van der Waals surface area contributed by atoms with Crippen LogP contribution in [0.3, 0.4) is 0 Å². The van der Waals surface area contributed by atoms with Crippen molar-refractivity contribution in [3.63, 3.8) is 0 Å². The molecule has 1 unspecified atom stereocenters. The van der Waals surface area contributed by atoms with E-state index in [1.54, 1.807) is 19.1 Å². The van der Waals surface area contributed by atoms with Crippen molar-refractivity contribution in [3.8, 4) is 11.8 Å². The van der Waals surface area contributed by atoms with Crippen LogP contribution in [0, 0.1) is 11.8 Å². The summed E-state index contributed by atoms with van der Waals surface area (Å²) in [6.07, 6.45) is 0.987. The third kappa shape index (κ3) is 4.05. The van der Waals surface area contributed by atoms with Gasteiger partial charge in [-0.05, 0) is 60.7 Å². The average Bonchev–Trinajstić information content (AvgIpc) is 2.59. The van der Waals surface area contributed by atoms with Crippen molar-refractivity contribution in [1.82, 2.24) is 0 Å². The number of benzene rings is 2. The molecule has 1 heterocycles. The molecule has 0 radical (unpaired) electrons. The SMILES string of the molecule is CCOC(=O)c1ccc(C#Cc2ccc3c(c2)NC(S)CC3(C)C)cc1. The maximum Gasteiger partial charge on any atom is 0.338 e. The number of hydrogen-bond donors (Lipinski definition) is 2. The molecule has 0 aliphatic carbocycles. The minimum atomic E-state index is -0.309. The Kier molecular flexibility index (Phi) is 5.29. The number of carbonyl (C=O) groups is 1. The van der Waals surface area contributed by atoms with Crippen LogP contribution in [0.5, 0.6) is 0 Å². The lowest BCUT2D eigenvalue weighted by atomic mass is 9.78. The number of thiol groups is 1. The quantitative estimate of drug-likeness (QED) is 0.464. The second-order valence-electron chi connectivity index (χ2n) is 7.06. The van der Waals surface area contributed by atoms with Gasteiger partial charge in [-0.2, -0.15) is 12.6 Å². The zero-order chi connectivity index (χ0) is 18.7. The number of carbonyl (C=O) groups excluding carboxylic acids is 1. The van der Waals surface area contributed by atoms with Crippen LogP contribution in [0.2, 0.25) is 0 Å². The normalized spacial score (nSPS) is 17.3. The van der Waals surface area contributed by atoms with Crippen molar-refractivity contribution in [2.75, 3.05) is 11.9 Å². The molecular weight excluding hydrogens is 342 g/mol. The molecule has 2 aromatic rings. The van der Waals surface area contributed by atoms with Crippen LogP contribution in [0.1, 0.15) is 54.2 Å². The molecule has 0 amide bonds. The van der Waals surface area contributed by atoms with Crippen LogP contribution < -0.4 is 5.32 Å². The highest BCUT2D eigenvalue weighted by molar-refractivity contribution is 7.81. The van der Waals surface area contributed by atoms with E-state index in [-0.39, 0.29) is 16.8 Å². The zero-order valence-corrected chi connectivity index (χ0v) is 16.2. The van der Waals surface area contributed by atoms with Crippen molar-refractivity contribution in [1.29, 1.82) is 0 Å². The molecule has 26 heavy (non-hydrogen) atoms. The number of hydrogen-bond acceptors (Lipinski definition) is 4. The van der Waals surface area contributed by atoms with Gasteiger partial charge in [0.1, 0.15) is 0 Å². The molecule has 2 aromatic carbocycles. The Hall–Kier alpha value is -2.38. The van der Waals surface area contributed by atoms with Crippen molar-refractivity contribution in [2.24, 2.45) is 0 Å². The second-order valence-corrected chi connectivity index (χ2v) is 7.68. The number of esters is 1. The maximum absolute atomic E-state index is 11.7. The number of ether oxygens (including phenoxy) is 1. The van der Waals surface area contributed by atoms with Gasteiger partial charge in [0.15, 0.2) is 0 Å². The largest absolute Gasteiger partial charge is 0.462 e. The lowest BCUT2D eigenvalue weighted by Crippen LogP contribution is -2.33. The Morgan fingerprint density at radius 3 is 2.54 bits per heavy atom. The lowest BCUT2D eigenvalue weighted by Gasteiger charge is -2.36. The lowest BCUT2D eigenvalue weighted by molar-refractivity contribution is 0.0526. The third-order valence-electron chi connectivity index (χ3n) is 4.52. The highest BCUT2D eigenvalue weighted by atomic mass is 32.1. The minimum Gasteiger partial charge on any atom is -0.462 e. The molecular formula is C22H23NO2S. The van der Waals surface area contributed by atoms with Crippen LogP contribution in [0.4, 0.5) is 5.69 Å². The van der Waals surface area contributed by atoms with Gasteiger partial charge in [-0.1, -0.05) is 31.8 Å². The summed E-state index contributed by atoms with van der Waals surface area (Å²) in [6.45, 7) is 6.65. The fourth-order valence-electron chi connectivity index (χ4n) is 3.20. The molecule has 0 saturated heterocycles. The van der Waals surface area contributed by atoms with Gasteiger partial charge in [0, 0.05) is 16.8 Å². The third-order valence-corrected chi connectivity index (χ3v) is 4.83. The van der Waals surface area contributed by atoms with E-state index in [0.29, 0.717) is 12.2 Å². The Balaban J connectivity index is 1.81. The van der Waals surface area contributed by atoms with Gasteiger partial charge in [-0.25, -0.2) is 4.79 Å². The fourth-order valence-corrected chi connectivity index (χ4v) is 3.80. The van der Waals surface area contributed by atoms with Crippen LogP contribution in [0.15, 0.2) is 42.5 Å². The van der Waals surface area contributed by atoms with Gasteiger partial charge in [-0.3, -0.25) is 0 Å². The molecule has 1 atom stereocenters. The highest BCUT2D eigenvalue weighted by Gasteiger charge is 2.31. The number of nitrogens with one attached hydrogen (secondary N) is 1. The molecule has 1 aliphatic heterocycles. The topological polar surface area (TPSA) is 38.3 Å². The molecule has 1 aliphatic rings. The van der Waals surface area contributed by atoms with Crippen LogP contribution in [-0.2, 0) is 10.2 Å². The Morgan fingerprint density at radius 2 is 1.85 bits per heavy atom. The van der Waals surface area contributed by atoms with Gasteiger partial charge in [0.05, 0.1) is 17.5 Å². The monoisotopic (exact) mass is 365 g/mol. The van der Waals surface area contributed by atoms with Crippen LogP contribution in [0.25, 0.3) is 0 Å². The van der Waals surface area contributed by atoms with E-state index in [2.05, 4.69) is 61.8 Å². The van der Waals surface area contributed by atoms with E-state index < -0.39 is 0 Å². The van der Waals surface area contributed by atoms with Gasteiger partial charge in [0.2, 0.25) is 0 Å². The maximum atomic E-state index is 11.7. The van der Waals surface area contributed by atoms with Crippen LogP contribution >= 0.6 is 12.6 Å². The Morgan fingerprint density at radius 1 is 1.19 bits per heavy atom. The molecule has 1 N–H and O–H groups in total. The van der Waals surface area contributed by atoms with E-state index in [4.69, 9.17) is 4.74 Å². The summed E-state index contributed by atoms with van der Waals surface area (Å²) in [5.74, 6) is 6.04. The molecule has 0 fully saturated rings. The van der Waals surface area contributed by atoms with E-state index in [0.717, 1.165) is 23.2 Å². The summed E-state index contributed by atoms with van der Waals surface area (Å²) >= 11 is 4.60. The summed E-state index contributed by atoms with van der Waals surface area (Å²) in [4.78, 5) is 11.7. The summed E-state index contributed by atoms with van der Waals surface area (Å²) in [5, 5.41) is 3.58. The second kappa shape index (κ2) is 7.47. The first-order valence-electron chi connectivity index (χ1n) is 8.77. The highest BCUT2D eigenvalue weighted by Crippen LogP contribution is 2.40. The first kappa shape index (κ1) is 18.4. The van der Waals surface area contributed by atoms with Gasteiger partial charge in [0.25, 0.3) is 0 Å². The standard InChI is InChI=1S/C22H23NO2S/c1-4-25-21(24)17-10-7-15(8-11-17)5-6-16-9-12-18-19(13-16)23-20(26)14-22(18,2)3/h7-13,20,23,26H,4,14H2,1-3H3. The molecule has 4 heteroatoms.